The van der Waals surface area contributed by atoms with Gasteiger partial charge in [0.15, 0.2) is 0 Å². The molecule has 1 aromatic carbocycles. The van der Waals surface area contributed by atoms with E-state index >= 15 is 0 Å². The normalized spacial score (nSPS) is 19.3. The van der Waals surface area contributed by atoms with E-state index in [1.165, 1.54) is 0 Å². The molecular formula is C19H30N2O3. The van der Waals surface area contributed by atoms with E-state index in [1.807, 2.05) is 33.8 Å². The molecule has 1 amide bonds. The van der Waals surface area contributed by atoms with Gasteiger partial charge in [-0.15, -0.1) is 0 Å². The number of nitrogens with zero attached hydrogens (tertiary/aromatic N) is 1. The Labute approximate surface area is 145 Å². The minimum atomic E-state index is -0.478. The van der Waals surface area contributed by atoms with Crippen molar-refractivity contribution in [1.82, 2.24) is 4.90 Å². The fraction of sp³-hybridized carbons (Fsp3) is 0.632. The molecule has 0 spiro atoms. The van der Waals surface area contributed by atoms with Gasteiger partial charge in [-0.05, 0) is 64.2 Å². The zero-order chi connectivity index (χ0) is 18.1. The number of methoxy groups -OCH3 is 1. The molecular weight excluding hydrogens is 304 g/mol. The molecule has 134 valence electrons. The van der Waals surface area contributed by atoms with Crippen LogP contribution in [0.15, 0.2) is 12.1 Å². The second-order valence-corrected chi connectivity index (χ2v) is 7.70. The van der Waals surface area contributed by atoms with Gasteiger partial charge >= 0.3 is 6.09 Å². The summed E-state index contributed by atoms with van der Waals surface area (Å²) in [6.07, 6.45) is 0.612. The standard InChI is InChI=1S/C19H30N2O3/c1-12-9-13(2)16(15(10-12)23-6)17(20)14-7-8-21(11-14)18(22)24-19(3,4)5/h9-10,14,17H,7-8,11,20H2,1-6H3. The number of benzene rings is 1. The minimum absolute atomic E-state index is 0.159. The third-order valence-electron chi connectivity index (χ3n) is 4.43. The largest absolute Gasteiger partial charge is 0.496 e. The topological polar surface area (TPSA) is 64.8 Å². The minimum Gasteiger partial charge on any atom is -0.496 e. The van der Waals surface area contributed by atoms with Crippen molar-refractivity contribution in [1.29, 1.82) is 0 Å². The number of amides is 1. The van der Waals surface area contributed by atoms with Gasteiger partial charge in [0, 0.05) is 24.7 Å². The summed E-state index contributed by atoms with van der Waals surface area (Å²) in [6, 6.07) is 3.98. The van der Waals surface area contributed by atoms with Crippen molar-refractivity contribution in [3.05, 3.63) is 28.8 Å². The molecule has 0 aliphatic carbocycles. The molecule has 1 heterocycles. The molecule has 5 nitrogen and oxygen atoms in total. The third-order valence-corrected chi connectivity index (χ3v) is 4.43. The molecule has 0 aromatic heterocycles. The Morgan fingerprint density at radius 1 is 1.33 bits per heavy atom. The van der Waals surface area contributed by atoms with Crippen LogP contribution in [0, 0.1) is 19.8 Å². The average Bonchev–Trinajstić information content (AvgIpc) is 2.93. The monoisotopic (exact) mass is 334 g/mol. The molecule has 1 fully saturated rings. The number of ether oxygens (including phenoxy) is 2. The third kappa shape index (κ3) is 4.20. The van der Waals surface area contributed by atoms with Crippen molar-refractivity contribution in [3.8, 4) is 5.75 Å². The van der Waals surface area contributed by atoms with E-state index < -0.39 is 5.60 Å². The van der Waals surface area contributed by atoms with Gasteiger partial charge < -0.3 is 20.1 Å². The van der Waals surface area contributed by atoms with Crippen LogP contribution in [0.1, 0.15) is 49.9 Å². The van der Waals surface area contributed by atoms with E-state index in [2.05, 4.69) is 13.0 Å². The van der Waals surface area contributed by atoms with Gasteiger partial charge in [0.1, 0.15) is 11.4 Å². The van der Waals surface area contributed by atoms with Gasteiger partial charge in [0.05, 0.1) is 7.11 Å². The van der Waals surface area contributed by atoms with Gasteiger partial charge in [-0.3, -0.25) is 0 Å². The van der Waals surface area contributed by atoms with Crippen LogP contribution < -0.4 is 10.5 Å². The molecule has 0 bridgehead atoms. The molecule has 1 aliphatic rings. The second kappa shape index (κ2) is 7.01. The lowest BCUT2D eigenvalue weighted by Crippen LogP contribution is -2.36. The molecule has 0 radical (unpaired) electrons. The van der Waals surface area contributed by atoms with Crippen molar-refractivity contribution < 1.29 is 14.3 Å². The fourth-order valence-electron chi connectivity index (χ4n) is 3.34. The zero-order valence-electron chi connectivity index (χ0n) is 15.7. The molecule has 2 N–H and O–H groups in total. The summed E-state index contributed by atoms with van der Waals surface area (Å²) in [5, 5.41) is 0. The first kappa shape index (κ1) is 18.6. The van der Waals surface area contributed by atoms with E-state index in [1.54, 1.807) is 12.0 Å². The molecule has 0 saturated carbocycles. The predicted octanol–water partition coefficient (Wildman–Crippen LogP) is 3.57. The van der Waals surface area contributed by atoms with Crippen molar-refractivity contribution in [2.24, 2.45) is 11.7 Å². The first-order valence-corrected chi connectivity index (χ1v) is 8.51. The Morgan fingerprint density at radius 3 is 2.58 bits per heavy atom. The second-order valence-electron chi connectivity index (χ2n) is 7.70. The summed E-state index contributed by atoms with van der Waals surface area (Å²) in [5.74, 6) is 1.03. The maximum absolute atomic E-state index is 12.2. The van der Waals surface area contributed by atoms with Gasteiger partial charge in [0.25, 0.3) is 0 Å². The van der Waals surface area contributed by atoms with Crippen molar-refractivity contribution >= 4 is 6.09 Å². The quantitative estimate of drug-likeness (QED) is 0.918. The Bertz CT molecular complexity index is 607. The van der Waals surface area contributed by atoms with E-state index in [0.717, 1.165) is 28.9 Å². The average molecular weight is 334 g/mol. The summed E-state index contributed by atoms with van der Waals surface area (Å²) in [4.78, 5) is 14.0. The van der Waals surface area contributed by atoms with Gasteiger partial charge in [0.2, 0.25) is 0 Å². The van der Waals surface area contributed by atoms with E-state index in [9.17, 15) is 4.79 Å². The molecule has 2 rings (SSSR count). The first-order chi connectivity index (χ1) is 11.1. The highest BCUT2D eigenvalue weighted by Gasteiger charge is 2.34. The summed E-state index contributed by atoms with van der Waals surface area (Å²) in [7, 11) is 1.67. The Hall–Kier alpha value is -1.75. The highest BCUT2D eigenvalue weighted by Crippen LogP contribution is 2.36. The van der Waals surface area contributed by atoms with E-state index in [4.69, 9.17) is 15.2 Å². The highest BCUT2D eigenvalue weighted by molar-refractivity contribution is 5.68. The zero-order valence-corrected chi connectivity index (χ0v) is 15.7. The molecule has 2 unspecified atom stereocenters. The molecule has 1 saturated heterocycles. The number of aryl methyl sites for hydroxylation is 2. The lowest BCUT2D eigenvalue weighted by Gasteiger charge is -2.26. The number of carbonyl (C=O) groups is 1. The van der Waals surface area contributed by atoms with Crippen LogP contribution in [0.4, 0.5) is 4.79 Å². The Morgan fingerprint density at radius 2 is 2.00 bits per heavy atom. The predicted molar refractivity (Wildman–Crippen MR) is 95.3 cm³/mol. The first-order valence-electron chi connectivity index (χ1n) is 8.51. The van der Waals surface area contributed by atoms with Crippen LogP contribution in [0.5, 0.6) is 5.75 Å². The maximum atomic E-state index is 12.2. The number of likely N-dealkylation sites (tertiary alicyclic amines) is 1. The van der Waals surface area contributed by atoms with Crippen LogP contribution in [0.2, 0.25) is 0 Å². The van der Waals surface area contributed by atoms with Crippen LogP contribution in [0.3, 0.4) is 0 Å². The van der Waals surface area contributed by atoms with Crippen LogP contribution in [0.25, 0.3) is 0 Å². The molecule has 24 heavy (non-hydrogen) atoms. The lowest BCUT2D eigenvalue weighted by molar-refractivity contribution is 0.0286. The summed E-state index contributed by atoms with van der Waals surface area (Å²) >= 11 is 0. The van der Waals surface area contributed by atoms with Crippen molar-refractivity contribution in [2.45, 2.75) is 52.7 Å². The maximum Gasteiger partial charge on any atom is 0.410 e. The summed E-state index contributed by atoms with van der Waals surface area (Å²) in [5.41, 5.74) is 9.41. The Balaban J connectivity index is 2.13. The number of nitrogens with two attached hydrogens (primary N) is 1. The number of hydrogen-bond acceptors (Lipinski definition) is 4. The highest BCUT2D eigenvalue weighted by atomic mass is 16.6. The molecule has 1 aromatic rings. The number of carbonyl (C=O) groups excluding carboxylic acids is 1. The van der Waals surface area contributed by atoms with Crippen molar-refractivity contribution in [2.75, 3.05) is 20.2 Å². The van der Waals surface area contributed by atoms with Gasteiger partial charge in [-0.2, -0.15) is 0 Å². The SMILES string of the molecule is COc1cc(C)cc(C)c1C(N)C1CCN(C(=O)OC(C)(C)C)C1. The van der Waals surface area contributed by atoms with Gasteiger partial charge in [-0.1, -0.05) is 6.07 Å². The molecule has 5 heteroatoms. The smallest absolute Gasteiger partial charge is 0.410 e. The van der Waals surface area contributed by atoms with E-state index in [0.29, 0.717) is 13.1 Å². The Kier molecular flexibility index (Phi) is 5.43. The van der Waals surface area contributed by atoms with Crippen LogP contribution in [-0.4, -0.2) is 36.8 Å². The van der Waals surface area contributed by atoms with E-state index in [-0.39, 0.29) is 18.1 Å². The summed E-state index contributed by atoms with van der Waals surface area (Å²) < 4.78 is 11.0. The lowest BCUT2D eigenvalue weighted by atomic mass is 9.89. The summed E-state index contributed by atoms with van der Waals surface area (Å²) in [6.45, 7) is 11.0. The fourth-order valence-corrected chi connectivity index (χ4v) is 3.34. The number of rotatable bonds is 3. The molecule has 2 atom stereocenters. The van der Waals surface area contributed by atoms with Crippen LogP contribution in [-0.2, 0) is 4.74 Å². The van der Waals surface area contributed by atoms with Crippen molar-refractivity contribution in [3.63, 3.8) is 0 Å². The number of hydrogen-bond donors (Lipinski definition) is 1. The molecule has 1 aliphatic heterocycles. The van der Waals surface area contributed by atoms with Crippen LogP contribution >= 0.6 is 0 Å². The van der Waals surface area contributed by atoms with Gasteiger partial charge in [-0.25, -0.2) is 4.79 Å².